The largest absolute Gasteiger partial charge is 0.423 e. The molecule has 4 heteroatoms. The lowest BCUT2D eigenvalue weighted by atomic mass is 10.1. The molecule has 0 aliphatic heterocycles. The van der Waals surface area contributed by atoms with Gasteiger partial charge in [-0.2, -0.15) is 0 Å². The number of carbonyl (C=O) groups excluding carboxylic acids is 1. The Hall–Kier alpha value is -2.33. The summed E-state index contributed by atoms with van der Waals surface area (Å²) < 4.78 is 5.32. The first-order chi connectivity index (χ1) is 9.16. The monoisotopic (exact) mass is 254 g/mol. The van der Waals surface area contributed by atoms with E-state index < -0.39 is 12.0 Å². The lowest BCUT2D eigenvalue weighted by Crippen LogP contribution is -2.30. The van der Waals surface area contributed by atoms with Crippen LogP contribution >= 0.6 is 0 Å². The molecule has 0 amide bonds. The Morgan fingerprint density at radius 1 is 1.16 bits per heavy atom. The van der Waals surface area contributed by atoms with Gasteiger partial charge < -0.3 is 15.5 Å². The molecular weight excluding hydrogens is 240 g/mol. The number of aromatic amines is 1. The molecule has 1 heterocycles. The Morgan fingerprint density at radius 3 is 2.68 bits per heavy atom. The number of hydrogen-bond acceptors (Lipinski definition) is 3. The highest BCUT2D eigenvalue weighted by Crippen LogP contribution is 2.31. The zero-order valence-corrected chi connectivity index (χ0v) is 10.5. The lowest BCUT2D eigenvalue weighted by molar-refractivity contribution is -0.135. The van der Waals surface area contributed by atoms with Crippen molar-refractivity contribution in [1.29, 1.82) is 0 Å². The number of aromatic nitrogens is 1. The molecule has 3 N–H and O–H groups in total. The van der Waals surface area contributed by atoms with Crippen molar-refractivity contribution in [3.63, 3.8) is 0 Å². The normalized spacial score (nSPS) is 12.7. The second-order valence-electron chi connectivity index (χ2n) is 4.56. The van der Waals surface area contributed by atoms with Crippen LogP contribution < -0.4 is 10.5 Å². The van der Waals surface area contributed by atoms with E-state index in [2.05, 4.69) is 4.98 Å². The summed E-state index contributed by atoms with van der Waals surface area (Å²) in [6.07, 6.45) is 0. The van der Waals surface area contributed by atoms with E-state index in [0.29, 0.717) is 5.75 Å². The maximum absolute atomic E-state index is 11.6. The highest BCUT2D eigenvalue weighted by molar-refractivity contribution is 6.09. The summed E-state index contributed by atoms with van der Waals surface area (Å²) in [5, 5.41) is 2.14. The zero-order valence-electron chi connectivity index (χ0n) is 10.5. The first kappa shape index (κ1) is 11.7. The molecule has 0 fully saturated rings. The fraction of sp³-hybridized carbons (Fsp3) is 0.133. The Kier molecular flexibility index (Phi) is 2.72. The van der Waals surface area contributed by atoms with Gasteiger partial charge in [-0.05, 0) is 19.1 Å². The van der Waals surface area contributed by atoms with E-state index in [0.717, 1.165) is 21.8 Å². The van der Waals surface area contributed by atoms with Crippen molar-refractivity contribution in [2.75, 3.05) is 0 Å². The number of para-hydroxylation sites is 2. The molecule has 19 heavy (non-hydrogen) atoms. The van der Waals surface area contributed by atoms with Crippen LogP contribution in [-0.2, 0) is 4.79 Å². The fourth-order valence-electron chi connectivity index (χ4n) is 2.13. The van der Waals surface area contributed by atoms with Crippen molar-refractivity contribution in [3.05, 3.63) is 42.5 Å². The van der Waals surface area contributed by atoms with Crippen molar-refractivity contribution in [2.24, 2.45) is 5.73 Å². The van der Waals surface area contributed by atoms with E-state index in [1.165, 1.54) is 0 Å². The summed E-state index contributed by atoms with van der Waals surface area (Å²) >= 11 is 0. The van der Waals surface area contributed by atoms with Crippen LogP contribution in [0.15, 0.2) is 42.5 Å². The van der Waals surface area contributed by atoms with E-state index in [4.69, 9.17) is 10.5 Å². The number of hydrogen-bond donors (Lipinski definition) is 2. The molecular formula is C15H14N2O2. The molecule has 1 aromatic heterocycles. The van der Waals surface area contributed by atoms with Crippen molar-refractivity contribution in [3.8, 4) is 5.75 Å². The molecule has 4 nitrogen and oxygen atoms in total. The molecule has 1 atom stereocenters. The topological polar surface area (TPSA) is 68.1 Å². The van der Waals surface area contributed by atoms with Gasteiger partial charge in [-0.25, -0.2) is 4.79 Å². The molecule has 96 valence electrons. The van der Waals surface area contributed by atoms with Gasteiger partial charge in [0.15, 0.2) is 5.75 Å². The van der Waals surface area contributed by atoms with Crippen LogP contribution in [0.3, 0.4) is 0 Å². The van der Waals surface area contributed by atoms with Gasteiger partial charge in [0.1, 0.15) is 6.04 Å². The number of benzene rings is 2. The molecule has 3 rings (SSSR count). The molecule has 0 saturated heterocycles. The second kappa shape index (κ2) is 4.40. The first-order valence-corrected chi connectivity index (χ1v) is 6.13. The molecule has 0 spiro atoms. The number of nitrogens with one attached hydrogen (secondary N) is 1. The third-order valence-corrected chi connectivity index (χ3v) is 3.09. The predicted octanol–water partition coefficient (Wildman–Crippen LogP) is 2.57. The predicted molar refractivity (Wildman–Crippen MR) is 75.1 cm³/mol. The van der Waals surface area contributed by atoms with Crippen LogP contribution in [0.2, 0.25) is 0 Å². The minimum Gasteiger partial charge on any atom is -0.423 e. The molecule has 0 bridgehead atoms. The van der Waals surface area contributed by atoms with Crippen LogP contribution in [0, 0.1) is 0 Å². The van der Waals surface area contributed by atoms with Crippen molar-refractivity contribution in [1.82, 2.24) is 4.98 Å². The van der Waals surface area contributed by atoms with E-state index in [1.807, 2.05) is 36.4 Å². The van der Waals surface area contributed by atoms with E-state index in [1.54, 1.807) is 13.0 Å². The number of fused-ring (bicyclic) bond motifs is 3. The molecule has 0 radical (unpaired) electrons. The number of H-pyrrole nitrogens is 1. The van der Waals surface area contributed by atoms with Gasteiger partial charge in [0, 0.05) is 16.3 Å². The van der Waals surface area contributed by atoms with Crippen molar-refractivity contribution >= 4 is 27.8 Å². The number of carbonyl (C=O) groups is 1. The minimum absolute atomic E-state index is 0.439. The maximum Gasteiger partial charge on any atom is 0.328 e. The van der Waals surface area contributed by atoms with Gasteiger partial charge in [0.05, 0.1) is 5.52 Å². The van der Waals surface area contributed by atoms with Crippen LogP contribution in [-0.4, -0.2) is 17.0 Å². The summed E-state index contributed by atoms with van der Waals surface area (Å²) in [5.74, 6) is 0.0714. The van der Waals surface area contributed by atoms with Gasteiger partial charge in [-0.1, -0.05) is 30.3 Å². The lowest BCUT2D eigenvalue weighted by Gasteiger charge is -2.07. The van der Waals surface area contributed by atoms with Gasteiger partial charge in [-0.15, -0.1) is 0 Å². The van der Waals surface area contributed by atoms with Crippen LogP contribution in [0.1, 0.15) is 6.92 Å². The Labute approximate surface area is 110 Å². The Balaban J connectivity index is 2.18. The standard InChI is InChI=1S/C15H14N2O2/c1-9(16)15(18)19-13-8-4-6-11-10-5-2-3-7-12(10)17-14(11)13/h2-9,17H,16H2,1H3/t9-/m0/s1. The maximum atomic E-state index is 11.6. The summed E-state index contributed by atoms with van der Waals surface area (Å²) in [5.41, 5.74) is 7.35. The van der Waals surface area contributed by atoms with E-state index in [-0.39, 0.29) is 0 Å². The smallest absolute Gasteiger partial charge is 0.328 e. The molecule has 0 aliphatic rings. The van der Waals surface area contributed by atoms with Crippen LogP contribution in [0.25, 0.3) is 21.8 Å². The quantitative estimate of drug-likeness (QED) is 0.545. The molecule has 0 aliphatic carbocycles. The third kappa shape index (κ3) is 1.96. The van der Waals surface area contributed by atoms with Gasteiger partial charge in [0.2, 0.25) is 0 Å². The van der Waals surface area contributed by atoms with Crippen LogP contribution in [0.4, 0.5) is 0 Å². The molecule has 2 aromatic carbocycles. The number of rotatable bonds is 2. The Morgan fingerprint density at radius 2 is 1.89 bits per heavy atom. The fourth-order valence-corrected chi connectivity index (χ4v) is 2.13. The van der Waals surface area contributed by atoms with E-state index >= 15 is 0 Å². The van der Waals surface area contributed by atoms with Gasteiger partial charge in [-0.3, -0.25) is 0 Å². The minimum atomic E-state index is -0.639. The van der Waals surface area contributed by atoms with Gasteiger partial charge >= 0.3 is 5.97 Å². The van der Waals surface area contributed by atoms with Crippen molar-refractivity contribution < 1.29 is 9.53 Å². The van der Waals surface area contributed by atoms with E-state index in [9.17, 15) is 4.79 Å². The first-order valence-electron chi connectivity index (χ1n) is 6.13. The molecule has 0 saturated carbocycles. The zero-order chi connectivity index (χ0) is 13.4. The summed E-state index contributed by atoms with van der Waals surface area (Å²) in [4.78, 5) is 14.9. The number of nitrogens with two attached hydrogens (primary N) is 1. The Bertz CT molecular complexity index is 759. The average molecular weight is 254 g/mol. The van der Waals surface area contributed by atoms with Crippen molar-refractivity contribution in [2.45, 2.75) is 13.0 Å². The van der Waals surface area contributed by atoms with Gasteiger partial charge in [0.25, 0.3) is 0 Å². The molecule has 3 aromatic rings. The number of esters is 1. The highest BCUT2D eigenvalue weighted by Gasteiger charge is 2.14. The second-order valence-corrected chi connectivity index (χ2v) is 4.56. The highest BCUT2D eigenvalue weighted by atomic mass is 16.5. The van der Waals surface area contributed by atoms with Crippen LogP contribution in [0.5, 0.6) is 5.75 Å². The summed E-state index contributed by atoms with van der Waals surface area (Å²) in [6.45, 7) is 1.60. The third-order valence-electron chi connectivity index (χ3n) is 3.09. The SMILES string of the molecule is C[C@H](N)C(=O)Oc1cccc2c1[nH]c1ccccc12. The summed E-state index contributed by atoms with van der Waals surface area (Å²) in [6, 6.07) is 13.0. The number of ether oxygens (including phenoxy) is 1. The summed E-state index contributed by atoms with van der Waals surface area (Å²) in [7, 11) is 0. The average Bonchev–Trinajstić information content (AvgIpc) is 2.78. The molecule has 0 unspecified atom stereocenters.